The summed E-state index contributed by atoms with van der Waals surface area (Å²) in [5.41, 5.74) is 10.4. The first-order valence-electron chi connectivity index (χ1n) is 10.8. The van der Waals surface area contributed by atoms with Gasteiger partial charge in [-0.2, -0.15) is 4.98 Å². The van der Waals surface area contributed by atoms with Gasteiger partial charge in [0.25, 0.3) is 0 Å². The van der Waals surface area contributed by atoms with E-state index < -0.39 is 0 Å². The van der Waals surface area contributed by atoms with Crippen molar-refractivity contribution in [2.24, 2.45) is 16.6 Å². The fourth-order valence-electron chi connectivity index (χ4n) is 4.12. The molecule has 8 nitrogen and oxygen atoms in total. The van der Waals surface area contributed by atoms with Crippen LogP contribution in [0.4, 0.5) is 11.6 Å². The number of ether oxygens (including phenoxy) is 2. The fourth-order valence-corrected chi connectivity index (χ4v) is 4.12. The summed E-state index contributed by atoms with van der Waals surface area (Å²) in [6, 6.07) is 5.80. The molecule has 1 aliphatic rings. The summed E-state index contributed by atoms with van der Waals surface area (Å²) in [7, 11) is 3.34. The van der Waals surface area contributed by atoms with E-state index in [0.717, 1.165) is 60.5 Å². The average molecular weight is 435 g/mol. The van der Waals surface area contributed by atoms with Crippen LogP contribution in [-0.2, 0) is 11.3 Å². The van der Waals surface area contributed by atoms with Gasteiger partial charge in [-0.25, -0.2) is 4.98 Å². The third kappa shape index (κ3) is 4.60. The molecule has 3 heterocycles. The van der Waals surface area contributed by atoms with Crippen molar-refractivity contribution in [3.05, 3.63) is 47.9 Å². The lowest BCUT2D eigenvalue weighted by molar-refractivity contribution is 0.0616. The van der Waals surface area contributed by atoms with Crippen LogP contribution in [0.5, 0.6) is 5.75 Å². The quantitative estimate of drug-likeness (QED) is 0.547. The lowest BCUT2D eigenvalue weighted by Gasteiger charge is -2.22. The fraction of sp³-hybridized carbons (Fsp3) is 0.375. The number of aliphatic imine (C=N–C) groups is 1. The van der Waals surface area contributed by atoms with Gasteiger partial charge in [0.1, 0.15) is 11.4 Å². The number of aromatic nitrogens is 3. The van der Waals surface area contributed by atoms with E-state index in [1.54, 1.807) is 20.4 Å². The van der Waals surface area contributed by atoms with Crippen LogP contribution < -0.4 is 15.8 Å². The molecule has 1 fully saturated rings. The first-order chi connectivity index (χ1) is 15.6. The first-order valence-corrected chi connectivity index (χ1v) is 10.8. The van der Waals surface area contributed by atoms with E-state index in [9.17, 15) is 0 Å². The van der Waals surface area contributed by atoms with E-state index in [0.29, 0.717) is 17.6 Å². The maximum Gasteiger partial charge on any atom is 0.229 e. The van der Waals surface area contributed by atoms with E-state index in [4.69, 9.17) is 20.2 Å². The van der Waals surface area contributed by atoms with Gasteiger partial charge in [-0.15, -0.1) is 0 Å². The Balaban J connectivity index is 1.60. The molecular formula is C24H30N6O2. The monoisotopic (exact) mass is 434 g/mol. The summed E-state index contributed by atoms with van der Waals surface area (Å²) in [5.74, 6) is 1.84. The van der Waals surface area contributed by atoms with Gasteiger partial charge in [0, 0.05) is 79.9 Å². The van der Waals surface area contributed by atoms with Gasteiger partial charge in [0.15, 0.2) is 0 Å². The number of nitrogens with zero attached hydrogens (tertiary/aromatic N) is 4. The molecule has 0 saturated carbocycles. The van der Waals surface area contributed by atoms with Crippen LogP contribution in [0.2, 0.25) is 0 Å². The van der Waals surface area contributed by atoms with Crippen LogP contribution in [0.25, 0.3) is 16.6 Å². The van der Waals surface area contributed by atoms with Crippen LogP contribution in [0.1, 0.15) is 24.0 Å². The number of rotatable bonds is 7. The van der Waals surface area contributed by atoms with E-state index in [-0.39, 0.29) is 0 Å². The molecule has 3 aromatic rings. The molecule has 0 atom stereocenters. The molecule has 0 aliphatic carbocycles. The summed E-state index contributed by atoms with van der Waals surface area (Å²) in [4.78, 5) is 13.4. The molecule has 1 saturated heterocycles. The van der Waals surface area contributed by atoms with Gasteiger partial charge in [-0.3, -0.25) is 4.99 Å². The molecule has 168 valence electrons. The number of nitrogens with one attached hydrogen (secondary N) is 1. The number of hydrogen-bond donors (Lipinski definition) is 2. The number of nitrogens with two attached hydrogens (primary N) is 1. The van der Waals surface area contributed by atoms with Crippen molar-refractivity contribution in [2.45, 2.75) is 26.3 Å². The highest BCUT2D eigenvalue weighted by atomic mass is 16.5. The Kier molecular flexibility index (Phi) is 6.70. The summed E-state index contributed by atoms with van der Waals surface area (Å²) >= 11 is 0. The maximum absolute atomic E-state index is 5.76. The zero-order valence-electron chi connectivity index (χ0n) is 18.8. The van der Waals surface area contributed by atoms with Crippen molar-refractivity contribution in [2.75, 3.05) is 32.7 Å². The minimum Gasteiger partial charge on any atom is -0.496 e. The summed E-state index contributed by atoms with van der Waals surface area (Å²) in [6.45, 7) is 4.73. The standard InChI is InChI=1S/C24H30N6O2/c1-16-14-30(15-17-6-8-32-9-7-17)23-21(16)13-27-24(29-23)28-19-4-5-20(22(10-19)31-3)18(11-25)12-26-2/h4-5,10-14,17H,6-9,15,25H2,1-3H3,(H,27,28,29)/b18-11+,26-12?. The molecule has 3 N–H and O–H groups in total. The highest BCUT2D eigenvalue weighted by Gasteiger charge is 2.17. The molecule has 2 aromatic heterocycles. The highest BCUT2D eigenvalue weighted by molar-refractivity contribution is 6.10. The van der Waals surface area contributed by atoms with Gasteiger partial charge >= 0.3 is 0 Å². The summed E-state index contributed by atoms with van der Waals surface area (Å²) in [5, 5.41) is 4.38. The number of benzene rings is 1. The number of allylic oxidation sites excluding steroid dienone is 1. The van der Waals surface area contributed by atoms with Crippen molar-refractivity contribution in [1.29, 1.82) is 0 Å². The molecule has 4 rings (SSSR count). The van der Waals surface area contributed by atoms with Crippen LogP contribution >= 0.6 is 0 Å². The second-order valence-electron chi connectivity index (χ2n) is 8.00. The van der Waals surface area contributed by atoms with Crippen molar-refractivity contribution in [1.82, 2.24) is 14.5 Å². The molecule has 0 bridgehead atoms. The number of fused-ring (bicyclic) bond motifs is 1. The van der Waals surface area contributed by atoms with Gasteiger partial charge in [-0.05, 0) is 43.4 Å². The first kappa shape index (κ1) is 21.8. The molecule has 1 aliphatic heterocycles. The molecule has 0 unspecified atom stereocenters. The van der Waals surface area contributed by atoms with Crippen molar-refractivity contribution < 1.29 is 9.47 Å². The third-order valence-electron chi connectivity index (χ3n) is 5.83. The van der Waals surface area contributed by atoms with Crippen LogP contribution in [0.3, 0.4) is 0 Å². The molecule has 32 heavy (non-hydrogen) atoms. The Morgan fingerprint density at radius 3 is 2.91 bits per heavy atom. The maximum atomic E-state index is 5.76. The predicted octanol–water partition coefficient (Wildman–Crippen LogP) is 3.92. The zero-order valence-corrected chi connectivity index (χ0v) is 18.8. The smallest absolute Gasteiger partial charge is 0.229 e. The average Bonchev–Trinajstić information content (AvgIpc) is 3.12. The minimum atomic E-state index is 0.545. The lowest BCUT2D eigenvalue weighted by atomic mass is 10.0. The van der Waals surface area contributed by atoms with Gasteiger partial charge < -0.3 is 25.1 Å². The second kappa shape index (κ2) is 9.82. The Bertz CT molecular complexity index is 1140. The molecule has 0 amide bonds. The summed E-state index contributed by atoms with van der Waals surface area (Å²) in [6.07, 6.45) is 9.46. The van der Waals surface area contributed by atoms with E-state index >= 15 is 0 Å². The van der Waals surface area contributed by atoms with Crippen LogP contribution in [-0.4, -0.2) is 48.1 Å². The van der Waals surface area contributed by atoms with E-state index in [1.807, 2.05) is 24.4 Å². The van der Waals surface area contributed by atoms with Crippen LogP contribution in [0, 0.1) is 12.8 Å². The topological polar surface area (TPSA) is 99.6 Å². The lowest BCUT2D eigenvalue weighted by Crippen LogP contribution is -2.20. The third-order valence-corrected chi connectivity index (χ3v) is 5.83. The number of hydrogen-bond acceptors (Lipinski definition) is 7. The Hall–Kier alpha value is -3.39. The predicted molar refractivity (Wildman–Crippen MR) is 129 cm³/mol. The molecule has 0 radical (unpaired) electrons. The Morgan fingerprint density at radius 1 is 1.38 bits per heavy atom. The van der Waals surface area contributed by atoms with Gasteiger partial charge in [0.2, 0.25) is 5.95 Å². The normalized spacial score (nSPS) is 15.5. The van der Waals surface area contributed by atoms with Crippen molar-refractivity contribution >= 4 is 34.5 Å². The molecular weight excluding hydrogens is 404 g/mol. The molecule has 8 heteroatoms. The number of anilines is 2. The van der Waals surface area contributed by atoms with Gasteiger partial charge in [-0.1, -0.05) is 0 Å². The van der Waals surface area contributed by atoms with Crippen molar-refractivity contribution in [3.63, 3.8) is 0 Å². The second-order valence-corrected chi connectivity index (χ2v) is 8.00. The zero-order chi connectivity index (χ0) is 22.5. The minimum absolute atomic E-state index is 0.545. The molecule has 1 aromatic carbocycles. The number of methoxy groups -OCH3 is 1. The highest BCUT2D eigenvalue weighted by Crippen LogP contribution is 2.30. The van der Waals surface area contributed by atoms with Gasteiger partial charge in [0.05, 0.1) is 7.11 Å². The van der Waals surface area contributed by atoms with E-state index in [1.165, 1.54) is 11.8 Å². The number of aryl methyl sites for hydroxylation is 1. The Morgan fingerprint density at radius 2 is 2.19 bits per heavy atom. The SMILES string of the molecule is CN=C/C(=C\N)c1ccc(Nc2ncc3c(C)cn(CC4CCOCC4)c3n2)cc1OC. The molecule has 0 spiro atoms. The van der Waals surface area contributed by atoms with Crippen LogP contribution in [0.15, 0.2) is 41.8 Å². The summed E-state index contributed by atoms with van der Waals surface area (Å²) < 4.78 is 13.3. The van der Waals surface area contributed by atoms with Crippen molar-refractivity contribution in [3.8, 4) is 5.75 Å². The Labute approximate surface area is 188 Å². The largest absolute Gasteiger partial charge is 0.496 e. The van der Waals surface area contributed by atoms with E-state index in [2.05, 4.69) is 33.0 Å².